The van der Waals surface area contributed by atoms with Crippen LogP contribution in [0.15, 0.2) is 36.8 Å². The third-order valence-electron chi connectivity index (χ3n) is 6.15. The molecule has 2 bridgehead atoms. The molecule has 2 saturated heterocycles. The molecule has 1 saturated carbocycles. The quantitative estimate of drug-likeness (QED) is 0.509. The van der Waals surface area contributed by atoms with Gasteiger partial charge < -0.3 is 15.1 Å². The summed E-state index contributed by atoms with van der Waals surface area (Å²) < 4.78 is 14.4. The van der Waals surface area contributed by atoms with Crippen LogP contribution in [0.2, 0.25) is 0 Å². The summed E-state index contributed by atoms with van der Waals surface area (Å²) in [5.74, 6) is 0.292. The van der Waals surface area contributed by atoms with Crippen molar-refractivity contribution in [1.82, 2.24) is 30.7 Å². The Balaban J connectivity index is 1.37. The zero-order valence-electron chi connectivity index (χ0n) is 16.3. The molecule has 2 aliphatic heterocycles. The lowest BCUT2D eigenvalue weighted by Crippen LogP contribution is -2.66. The van der Waals surface area contributed by atoms with Crippen LogP contribution in [0.5, 0.6) is 5.75 Å². The van der Waals surface area contributed by atoms with Gasteiger partial charge in [0.1, 0.15) is 18.1 Å². The number of H-pyrrole nitrogens is 1. The van der Waals surface area contributed by atoms with Gasteiger partial charge in [0.05, 0.1) is 23.9 Å². The van der Waals surface area contributed by atoms with Crippen LogP contribution in [0.3, 0.4) is 0 Å². The van der Waals surface area contributed by atoms with Crippen LogP contribution in [0, 0.1) is 5.92 Å². The lowest BCUT2D eigenvalue weighted by molar-refractivity contribution is -0.0649. The summed E-state index contributed by atoms with van der Waals surface area (Å²) in [5.41, 5.74) is 2.14. The van der Waals surface area contributed by atoms with Crippen LogP contribution in [0.4, 0.5) is 10.2 Å². The third kappa shape index (κ3) is 3.17. The van der Waals surface area contributed by atoms with Crippen LogP contribution < -0.4 is 10.2 Å². The number of nitrogens with zero attached hydrogens (tertiary/aromatic N) is 5. The van der Waals surface area contributed by atoms with Crippen molar-refractivity contribution < 1.29 is 14.6 Å². The molecule has 4 N–H and O–H groups in total. The first-order valence-corrected chi connectivity index (χ1v) is 9.84. The number of rotatable bonds is 4. The first-order chi connectivity index (χ1) is 14.5. The molecule has 9 nitrogen and oxygen atoms in total. The smallest absolute Gasteiger partial charge is 0.185 e. The lowest BCUT2D eigenvalue weighted by Gasteiger charge is -2.50. The molecule has 2 unspecified atom stereocenters. The topological polar surface area (TPSA) is 123 Å². The molecule has 2 aromatic heterocycles. The number of phenols is 1. The number of piperidine rings is 2. The Morgan fingerprint density at radius 1 is 1.17 bits per heavy atom. The first kappa shape index (κ1) is 18.9. The molecule has 156 valence electrons. The summed E-state index contributed by atoms with van der Waals surface area (Å²) in [5, 5.41) is 38.7. The largest absolute Gasteiger partial charge is 0.507 e. The third-order valence-corrected chi connectivity index (χ3v) is 6.15. The molecule has 0 radical (unpaired) electrons. The minimum atomic E-state index is -1.06. The van der Waals surface area contributed by atoms with Gasteiger partial charge in [0.2, 0.25) is 0 Å². The van der Waals surface area contributed by atoms with Gasteiger partial charge in [-0.2, -0.15) is 5.10 Å². The monoisotopic (exact) mass is 411 g/mol. The van der Waals surface area contributed by atoms with E-state index in [1.165, 1.54) is 0 Å². The maximum absolute atomic E-state index is 14.4. The predicted molar refractivity (Wildman–Crippen MR) is 107 cm³/mol. The number of aromatic amines is 1. The molecule has 3 aliphatic rings. The summed E-state index contributed by atoms with van der Waals surface area (Å²) in [6, 6.07) is 4.95. The second kappa shape index (κ2) is 7.29. The van der Waals surface area contributed by atoms with Gasteiger partial charge in [0.25, 0.3) is 0 Å². The number of benzene rings is 1. The standard InChI is InChI=1S/C20H22FN7O2/c1-28(15-6-12-5-14(21)18(15)20(30)25-12)17-9-22-19(27-26-17)13-3-2-10(4-16(13)29)11-7-23-24-8-11/h2-4,7-9,12,14-15,18,20,25,29-30H,5-6H2,1H3,(H,23,24)/t12?,14-,15-,18?,20-/m0/s1. The van der Waals surface area contributed by atoms with Gasteiger partial charge in [0, 0.05) is 30.9 Å². The molecule has 0 amide bonds. The van der Waals surface area contributed by atoms with E-state index in [1.54, 1.807) is 30.7 Å². The van der Waals surface area contributed by atoms with E-state index in [4.69, 9.17) is 0 Å². The number of anilines is 1. The number of nitrogens with one attached hydrogen (secondary N) is 2. The number of phenolic OH excluding ortho intramolecular Hbond substituents is 1. The van der Waals surface area contributed by atoms with E-state index in [-0.39, 0.29) is 17.8 Å². The van der Waals surface area contributed by atoms with E-state index in [9.17, 15) is 14.6 Å². The minimum absolute atomic E-state index is 0.0377. The van der Waals surface area contributed by atoms with Gasteiger partial charge in [0.15, 0.2) is 11.6 Å². The van der Waals surface area contributed by atoms with Crippen LogP contribution in [0.1, 0.15) is 12.8 Å². The van der Waals surface area contributed by atoms with Crippen molar-refractivity contribution in [2.75, 3.05) is 11.9 Å². The molecule has 10 heteroatoms. The Hall–Kier alpha value is -3.11. The zero-order chi connectivity index (χ0) is 20.8. The van der Waals surface area contributed by atoms with Crippen molar-refractivity contribution >= 4 is 5.82 Å². The Bertz CT molecular complexity index is 1020. The van der Waals surface area contributed by atoms with Crippen molar-refractivity contribution in [3.8, 4) is 28.3 Å². The molecule has 5 atom stereocenters. The van der Waals surface area contributed by atoms with Crippen LogP contribution in [-0.4, -0.2) is 67.1 Å². The number of fused-ring (bicyclic) bond motifs is 3. The molecule has 3 fully saturated rings. The number of alkyl halides is 1. The molecule has 4 heterocycles. The van der Waals surface area contributed by atoms with Gasteiger partial charge in [-0.05, 0) is 30.5 Å². The minimum Gasteiger partial charge on any atom is -0.507 e. The highest BCUT2D eigenvalue weighted by Crippen LogP contribution is 2.38. The Morgan fingerprint density at radius 2 is 2.03 bits per heavy atom. The summed E-state index contributed by atoms with van der Waals surface area (Å²) >= 11 is 0. The molecular weight excluding hydrogens is 389 g/mol. The Labute approximate surface area is 172 Å². The SMILES string of the molecule is CN(c1cnc(-c2ccc(-c3cn[nH]c3)cc2O)nn1)[C@H]1CC2C[C@H](F)C1[C@H](O)N2. The van der Waals surface area contributed by atoms with E-state index in [2.05, 4.69) is 30.7 Å². The molecule has 30 heavy (non-hydrogen) atoms. The molecule has 1 aliphatic carbocycles. The van der Waals surface area contributed by atoms with E-state index < -0.39 is 18.3 Å². The Kier molecular flexibility index (Phi) is 4.59. The number of aromatic hydroxyl groups is 1. The van der Waals surface area contributed by atoms with Gasteiger partial charge >= 0.3 is 0 Å². The average molecular weight is 411 g/mol. The highest BCUT2D eigenvalue weighted by molar-refractivity contribution is 5.72. The highest BCUT2D eigenvalue weighted by Gasteiger charge is 2.49. The number of aromatic nitrogens is 5. The first-order valence-electron chi connectivity index (χ1n) is 9.84. The van der Waals surface area contributed by atoms with Gasteiger partial charge in [-0.3, -0.25) is 10.4 Å². The van der Waals surface area contributed by atoms with Crippen molar-refractivity contribution in [2.24, 2.45) is 5.92 Å². The highest BCUT2D eigenvalue weighted by atomic mass is 19.1. The van der Waals surface area contributed by atoms with E-state index >= 15 is 0 Å². The molecule has 6 rings (SSSR count). The fourth-order valence-corrected chi connectivity index (χ4v) is 4.56. The number of aliphatic hydroxyl groups is 1. The molecule has 0 spiro atoms. The van der Waals surface area contributed by atoms with Gasteiger partial charge in [-0.1, -0.05) is 6.07 Å². The van der Waals surface area contributed by atoms with Crippen molar-refractivity contribution in [2.45, 2.75) is 37.3 Å². The van der Waals surface area contributed by atoms with E-state index in [0.717, 1.165) is 17.5 Å². The van der Waals surface area contributed by atoms with Crippen molar-refractivity contribution in [3.05, 3.63) is 36.8 Å². The van der Waals surface area contributed by atoms with Crippen LogP contribution >= 0.6 is 0 Å². The summed E-state index contributed by atoms with van der Waals surface area (Å²) in [6.07, 6.45) is 4.18. The second-order valence-electron chi connectivity index (χ2n) is 7.91. The van der Waals surface area contributed by atoms with Crippen LogP contribution in [-0.2, 0) is 0 Å². The fourth-order valence-electron chi connectivity index (χ4n) is 4.56. The number of hydrogen-bond acceptors (Lipinski definition) is 8. The normalized spacial score (nSPS) is 27.9. The van der Waals surface area contributed by atoms with Crippen molar-refractivity contribution in [1.29, 1.82) is 0 Å². The predicted octanol–water partition coefficient (Wildman–Crippen LogP) is 1.48. The Morgan fingerprint density at radius 3 is 2.67 bits per heavy atom. The molecular formula is C20H22FN7O2. The van der Waals surface area contributed by atoms with Gasteiger partial charge in [-0.15, -0.1) is 10.2 Å². The van der Waals surface area contributed by atoms with E-state index in [0.29, 0.717) is 23.6 Å². The summed E-state index contributed by atoms with van der Waals surface area (Å²) in [6.45, 7) is 0. The molecule has 1 aromatic carbocycles. The maximum atomic E-state index is 14.4. The maximum Gasteiger partial charge on any atom is 0.185 e. The zero-order valence-corrected chi connectivity index (χ0v) is 16.3. The molecule has 3 aromatic rings. The lowest BCUT2D eigenvalue weighted by atomic mass is 9.74. The van der Waals surface area contributed by atoms with Crippen molar-refractivity contribution in [3.63, 3.8) is 0 Å². The summed E-state index contributed by atoms with van der Waals surface area (Å²) in [7, 11) is 1.81. The number of hydrogen-bond donors (Lipinski definition) is 4. The van der Waals surface area contributed by atoms with Gasteiger partial charge in [-0.25, -0.2) is 9.37 Å². The number of halogens is 1. The second-order valence-corrected chi connectivity index (χ2v) is 7.91. The number of aliphatic hydroxyl groups excluding tert-OH is 1. The van der Waals surface area contributed by atoms with E-state index in [1.807, 2.05) is 18.0 Å². The summed E-state index contributed by atoms with van der Waals surface area (Å²) in [4.78, 5) is 6.18. The fraction of sp³-hybridized carbons (Fsp3) is 0.400. The average Bonchev–Trinajstić information content (AvgIpc) is 3.28. The van der Waals surface area contributed by atoms with Crippen LogP contribution in [0.25, 0.3) is 22.5 Å².